The summed E-state index contributed by atoms with van der Waals surface area (Å²) in [6.07, 6.45) is 0.00287. The molecule has 15 heavy (non-hydrogen) atoms. The number of aryl methyl sites for hydroxylation is 1. The molecule has 0 amide bonds. The van der Waals surface area contributed by atoms with E-state index >= 15 is 0 Å². The summed E-state index contributed by atoms with van der Waals surface area (Å²) < 4.78 is 13.6. The molecule has 82 valence electrons. The van der Waals surface area contributed by atoms with Gasteiger partial charge in [-0.15, -0.1) is 0 Å². The van der Waals surface area contributed by atoms with Crippen LogP contribution in [0.4, 0.5) is 4.39 Å². The molecule has 0 aliphatic carbocycles. The van der Waals surface area contributed by atoms with Crippen molar-refractivity contribution in [1.82, 2.24) is 0 Å². The standard InChI is InChI=1S/C11H12BrFO2/c1-6-3-4-8(13)11(12)10(6)7(2)5-9(14)15/h3-4,7H,5H2,1-2H3,(H,14,15). The minimum absolute atomic E-state index is 0.00287. The average molecular weight is 275 g/mol. The number of carboxylic acids is 1. The van der Waals surface area contributed by atoms with Crippen LogP contribution < -0.4 is 0 Å². The predicted molar refractivity (Wildman–Crippen MR) is 59.5 cm³/mol. The van der Waals surface area contributed by atoms with Gasteiger partial charge in [0.25, 0.3) is 0 Å². The molecule has 0 saturated carbocycles. The van der Waals surface area contributed by atoms with Crippen molar-refractivity contribution in [3.8, 4) is 0 Å². The molecule has 1 aromatic carbocycles. The third-order valence-corrected chi connectivity index (χ3v) is 3.13. The van der Waals surface area contributed by atoms with E-state index in [2.05, 4.69) is 15.9 Å². The Morgan fingerprint density at radius 3 is 2.73 bits per heavy atom. The predicted octanol–water partition coefficient (Wildman–Crippen LogP) is 3.47. The quantitative estimate of drug-likeness (QED) is 0.917. The molecule has 0 fully saturated rings. The molecule has 1 atom stereocenters. The maximum Gasteiger partial charge on any atom is 0.303 e. The Hall–Kier alpha value is -0.900. The Bertz CT molecular complexity index is 390. The van der Waals surface area contributed by atoms with Crippen molar-refractivity contribution in [2.75, 3.05) is 0 Å². The molecule has 0 aromatic heterocycles. The second kappa shape index (κ2) is 4.75. The lowest BCUT2D eigenvalue weighted by atomic mass is 9.94. The summed E-state index contributed by atoms with van der Waals surface area (Å²) in [4.78, 5) is 10.6. The molecule has 2 nitrogen and oxygen atoms in total. The van der Waals surface area contributed by atoms with E-state index < -0.39 is 5.97 Å². The van der Waals surface area contributed by atoms with Crippen LogP contribution in [0.3, 0.4) is 0 Å². The van der Waals surface area contributed by atoms with Crippen LogP contribution in [0.1, 0.15) is 30.4 Å². The van der Waals surface area contributed by atoms with Gasteiger partial charge in [-0.3, -0.25) is 4.79 Å². The Morgan fingerprint density at radius 1 is 1.60 bits per heavy atom. The highest BCUT2D eigenvalue weighted by Crippen LogP contribution is 2.32. The number of aliphatic carboxylic acids is 1. The Balaban J connectivity index is 3.12. The first-order valence-corrected chi connectivity index (χ1v) is 5.39. The van der Waals surface area contributed by atoms with Crippen molar-refractivity contribution in [3.63, 3.8) is 0 Å². The molecule has 0 aliphatic rings. The molecule has 0 spiro atoms. The highest BCUT2D eigenvalue weighted by molar-refractivity contribution is 9.10. The summed E-state index contributed by atoms with van der Waals surface area (Å²) >= 11 is 3.15. The van der Waals surface area contributed by atoms with E-state index in [4.69, 9.17) is 5.11 Å². The summed E-state index contributed by atoms with van der Waals surface area (Å²) in [5, 5.41) is 8.69. The number of benzene rings is 1. The molecular formula is C11H12BrFO2. The highest BCUT2D eigenvalue weighted by atomic mass is 79.9. The second-order valence-corrected chi connectivity index (χ2v) is 4.38. The Labute approximate surface area is 96.2 Å². The van der Waals surface area contributed by atoms with Gasteiger partial charge in [0.1, 0.15) is 5.82 Å². The summed E-state index contributed by atoms with van der Waals surface area (Å²) in [6, 6.07) is 3.03. The van der Waals surface area contributed by atoms with Crippen molar-refractivity contribution >= 4 is 21.9 Å². The van der Waals surface area contributed by atoms with E-state index in [1.807, 2.05) is 6.92 Å². The van der Waals surface area contributed by atoms with Gasteiger partial charge in [0, 0.05) is 0 Å². The summed E-state index contributed by atoms with van der Waals surface area (Å²) in [5.74, 6) is -1.43. The number of hydrogen-bond acceptors (Lipinski definition) is 1. The zero-order valence-corrected chi connectivity index (χ0v) is 10.1. The molecule has 0 saturated heterocycles. The molecule has 0 heterocycles. The molecule has 1 unspecified atom stereocenters. The summed E-state index contributed by atoms with van der Waals surface area (Å²) in [5.41, 5.74) is 1.63. The van der Waals surface area contributed by atoms with E-state index in [1.165, 1.54) is 6.07 Å². The van der Waals surface area contributed by atoms with E-state index in [-0.39, 0.29) is 18.2 Å². The van der Waals surface area contributed by atoms with Gasteiger partial charge in [-0.2, -0.15) is 0 Å². The fourth-order valence-electron chi connectivity index (χ4n) is 1.63. The first-order chi connectivity index (χ1) is 6.93. The Kier molecular flexibility index (Phi) is 3.85. The molecule has 1 N–H and O–H groups in total. The van der Waals surface area contributed by atoms with Crippen LogP contribution in [0.25, 0.3) is 0 Å². The second-order valence-electron chi connectivity index (χ2n) is 3.59. The van der Waals surface area contributed by atoms with Gasteiger partial charge < -0.3 is 5.11 Å². The van der Waals surface area contributed by atoms with Crippen LogP contribution in [0.15, 0.2) is 16.6 Å². The molecule has 0 radical (unpaired) electrons. The van der Waals surface area contributed by atoms with Crippen molar-refractivity contribution in [2.24, 2.45) is 0 Å². The monoisotopic (exact) mass is 274 g/mol. The maximum absolute atomic E-state index is 13.3. The van der Waals surface area contributed by atoms with Crippen LogP contribution in [0, 0.1) is 12.7 Å². The summed E-state index contributed by atoms with van der Waals surface area (Å²) in [6.45, 7) is 3.62. The number of halogens is 2. The van der Waals surface area contributed by atoms with Crippen molar-refractivity contribution < 1.29 is 14.3 Å². The van der Waals surface area contributed by atoms with Gasteiger partial charge in [0.15, 0.2) is 0 Å². The van der Waals surface area contributed by atoms with Gasteiger partial charge in [-0.25, -0.2) is 4.39 Å². The van der Waals surface area contributed by atoms with Crippen molar-refractivity contribution in [1.29, 1.82) is 0 Å². The number of rotatable bonds is 3. The van der Waals surface area contributed by atoms with Crippen molar-refractivity contribution in [3.05, 3.63) is 33.5 Å². The molecule has 0 aliphatic heterocycles. The lowest BCUT2D eigenvalue weighted by molar-refractivity contribution is -0.137. The fraction of sp³-hybridized carbons (Fsp3) is 0.364. The first kappa shape index (κ1) is 12.2. The van der Waals surface area contributed by atoms with E-state index in [0.717, 1.165) is 11.1 Å². The first-order valence-electron chi connectivity index (χ1n) is 4.59. The topological polar surface area (TPSA) is 37.3 Å². The number of hydrogen-bond donors (Lipinski definition) is 1. The van der Waals surface area contributed by atoms with Gasteiger partial charge in [-0.05, 0) is 46.0 Å². The molecule has 0 bridgehead atoms. The zero-order chi connectivity index (χ0) is 11.6. The average Bonchev–Trinajstić information content (AvgIpc) is 2.11. The Morgan fingerprint density at radius 2 is 2.20 bits per heavy atom. The molecule has 1 rings (SSSR count). The van der Waals surface area contributed by atoms with Gasteiger partial charge in [-0.1, -0.05) is 13.0 Å². The minimum Gasteiger partial charge on any atom is -0.481 e. The smallest absolute Gasteiger partial charge is 0.303 e. The van der Waals surface area contributed by atoms with Gasteiger partial charge in [0.2, 0.25) is 0 Å². The van der Waals surface area contributed by atoms with Crippen LogP contribution in [0.5, 0.6) is 0 Å². The zero-order valence-electron chi connectivity index (χ0n) is 8.55. The van der Waals surface area contributed by atoms with Crippen LogP contribution >= 0.6 is 15.9 Å². The van der Waals surface area contributed by atoms with Crippen LogP contribution in [0.2, 0.25) is 0 Å². The van der Waals surface area contributed by atoms with Gasteiger partial charge >= 0.3 is 5.97 Å². The summed E-state index contributed by atoms with van der Waals surface area (Å²) in [7, 11) is 0. The number of carbonyl (C=O) groups is 1. The third kappa shape index (κ3) is 2.78. The fourth-order valence-corrected chi connectivity index (χ4v) is 2.47. The van der Waals surface area contributed by atoms with E-state index in [1.54, 1.807) is 13.0 Å². The number of carboxylic acid groups (broad SMARTS) is 1. The maximum atomic E-state index is 13.3. The van der Waals surface area contributed by atoms with E-state index in [0.29, 0.717) is 4.47 Å². The lowest BCUT2D eigenvalue weighted by Gasteiger charge is -2.15. The lowest BCUT2D eigenvalue weighted by Crippen LogP contribution is -2.06. The van der Waals surface area contributed by atoms with Gasteiger partial charge in [0.05, 0.1) is 10.9 Å². The van der Waals surface area contributed by atoms with Crippen LogP contribution in [-0.4, -0.2) is 11.1 Å². The van der Waals surface area contributed by atoms with Crippen molar-refractivity contribution in [2.45, 2.75) is 26.2 Å². The minimum atomic E-state index is -0.877. The van der Waals surface area contributed by atoms with Crippen LogP contribution in [-0.2, 0) is 4.79 Å². The molecule has 4 heteroatoms. The third-order valence-electron chi connectivity index (χ3n) is 2.32. The highest BCUT2D eigenvalue weighted by Gasteiger charge is 2.17. The normalized spacial score (nSPS) is 12.5. The van der Waals surface area contributed by atoms with E-state index in [9.17, 15) is 9.18 Å². The molecular weight excluding hydrogens is 263 g/mol. The SMILES string of the molecule is Cc1ccc(F)c(Br)c1C(C)CC(=O)O. The largest absolute Gasteiger partial charge is 0.481 e. The molecule has 1 aromatic rings.